The van der Waals surface area contributed by atoms with Gasteiger partial charge >= 0.3 is 0 Å². The van der Waals surface area contributed by atoms with Crippen LogP contribution in [0.5, 0.6) is 0 Å². The molecule has 6 heteroatoms. The number of halogens is 3. The highest BCUT2D eigenvalue weighted by atomic mass is 19.1. The first-order valence-corrected chi connectivity index (χ1v) is 6.02. The van der Waals surface area contributed by atoms with Gasteiger partial charge in [0.15, 0.2) is 0 Å². The Bertz CT molecular complexity index is 883. The summed E-state index contributed by atoms with van der Waals surface area (Å²) in [6, 6.07) is 7.95. The van der Waals surface area contributed by atoms with Gasteiger partial charge in [0.1, 0.15) is 23.3 Å². The number of nitriles is 1. The molecular formula is C15H8F3N3. The fourth-order valence-corrected chi connectivity index (χ4v) is 2.25. The number of hydrogen-bond donors (Lipinski definition) is 0. The number of imidazole rings is 1. The van der Waals surface area contributed by atoms with Crippen molar-refractivity contribution in [2.75, 3.05) is 0 Å². The second-order valence-electron chi connectivity index (χ2n) is 4.55. The van der Waals surface area contributed by atoms with Gasteiger partial charge in [-0.05, 0) is 18.2 Å². The fourth-order valence-electron chi connectivity index (χ4n) is 2.25. The molecule has 0 saturated heterocycles. The van der Waals surface area contributed by atoms with E-state index in [1.165, 1.54) is 10.6 Å². The van der Waals surface area contributed by atoms with Crippen LogP contribution in [0.3, 0.4) is 0 Å². The number of fused-ring (bicyclic) bond motifs is 1. The van der Waals surface area contributed by atoms with E-state index in [-0.39, 0.29) is 5.82 Å². The van der Waals surface area contributed by atoms with Gasteiger partial charge < -0.3 is 4.57 Å². The Labute approximate surface area is 117 Å². The van der Waals surface area contributed by atoms with E-state index in [0.717, 1.165) is 0 Å². The van der Waals surface area contributed by atoms with Crippen molar-refractivity contribution in [2.24, 2.45) is 7.05 Å². The maximum atomic E-state index is 13.9. The van der Waals surface area contributed by atoms with Crippen LogP contribution < -0.4 is 0 Å². The minimum atomic E-state index is -1.02. The van der Waals surface area contributed by atoms with E-state index >= 15 is 0 Å². The van der Waals surface area contributed by atoms with Crippen molar-refractivity contribution < 1.29 is 13.2 Å². The number of hydrogen-bond acceptors (Lipinski definition) is 2. The van der Waals surface area contributed by atoms with Gasteiger partial charge in [0, 0.05) is 19.2 Å². The van der Waals surface area contributed by atoms with Crippen molar-refractivity contribution >= 4 is 11.0 Å². The SMILES string of the molecule is Cn1c(-c2c(F)cc(F)cc2F)nc2cc(C#N)ccc21. The Morgan fingerprint density at radius 1 is 1.10 bits per heavy atom. The summed E-state index contributed by atoms with van der Waals surface area (Å²) >= 11 is 0. The predicted octanol–water partition coefficient (Wildman–Crippen LogP) is 3.53. The summed E-state index contributed by atoms with van der Waals surface area (Å²) in [4.78, 5) is 4.15. The van der Waals surface area contributed by atoms with Crippen LogP contribution in [0, 0.1) is 28.8 Å². The summed E-state index contributed by atoms with van der Waals surface area (Å²) < 4.78 is 42.2. The molecule has 0 bridgehead atoms. The number of nitrogens with zero attached hydrogens (tertiary/aromatic N) is 3. The molecule has 2 aromatic carbocycles. The lowest BCUT2D eigenvalue weighted by molar-refractivity contribution is 0.546. The average molecular weight is 287 g/mol. The van der Waals surface area contributed by atoms with Crippen molar-refractivity contribution in [3.8, 4) is 17.5 Å². The van der Waals surface area contributed by atoms with Gasteiger partial charge in [0.05, 0.1) is 28.2 Å². The molecule has 104 valence electrons. The predicted molar refractivity (Wildman–Crippen MR) is 70.7 cm³/mol. The highest BCUT2D eigenvalue weighted by Gasteiger charge is 2.19. The third-order valence-corrected chi connectivity index (χ3v) is 3.24. The molecular weight excluding hydrogens is 279 g/mol. The normalized spacial score (nSPS) is 10.8. The van der Waals surface area contributed by atoms with Gasteiger partial charge in [-0.3, -0.25) is 0 Å². The molecule has 3 nitrogen and oxygen atoms in total. The second-order valence-corrected chi connectivity index (χ2v) is 4.55. The van der Waals surface area contributed by atoms with Gasteiger partial charge in [-0.1, -0.05) is 0 Å². The van der Waals surface area contributed by atoms with E-state index in [1.54, 1.807) is 19.2 Å². The Morgan fingerprint density at radius 3 is 2.38 bits per heavy atom. The van der Waals surface area contributed by atoms with Gasteiger partial charge in [-0.2, -0.15) is 5.26 Å². The topological polar surface area (TPSA) is 41.6 Å². The van der Waals surface area contributed by atoms with E-state index < -0.39 is 23.0 Å². The molecule has 3 rings (SSSR count). The molecule has 1 heterocycles. The fraction of sp³-hybridized carbons (Fsp3) is 0.0667. The largest absolute Gasteiger partial charge is 0.327 e. The van der Waals surface area contributed by atoms with Crippen LogP contribution in [0.1, 0.15) is 5.56 Å². The monoisotopic (exact) mass is 287 g/mol. The molecule has 0 aliphatic heterocycles. The molecule has 0 aliphatic rings. The van der Waals surface area contributed by atoms with Crippen molar-refractivity contribution in [1.29, 1.82) is 5.26 Å². The summed E-state index contributed by atoms with van der Waals surface area (Å²) in [5, 5.41) is 8.86. The molecule has 0 N–H and O–H groups in total. The number of benzene rings is 2. The first kappa shape index (κ1) is 13.2. The number of aryl methyl sites for hydroxylation is 1. The van der Waals surface area contributed by atoms with Crippen LogP contribution >= 0.6 is 0 Å². The van der Waals surface area contributed by atoms with Crippen LogP contribution in [0.2, 0.25) is 0 Å². The maximum absolute atomic E-state index is 13.9. The lowest BCUT2D eigenvalue weighted by Gasteiger charge is -2.05. The second kappa shape index (κ2) is 4.63. The molecule has 3 aromatic rings. The zero-order chi connectivity index (χ0) is 15.1. The van der Waals surface area contributed by atoms with E-state index in [4.69, 9.17) is 5.26 Å². The first-order valence-electron chi connectivity index (χ1n) is 6.02. The smallest absolute Gasteiger partial charge is 0.146 e. The molecule has 0 atom stereocenters. The molecule has 0 unspecified atom stereocenters. The van der Waals surface area contributed by atoms with Gasteiger partial charge in [0.2, 0.25) is 0 Å². The van der Waals surface area contributed by atoms with Gasteiger partial charge in [0.25, 0.3) is 0 Å². The minimum absolute atomic E-state index is 0.0371. The molecule has 0 fully saturated rings. The molecule has 0 radical (unpaired) electrons. The van der Waals surface area contributed by atoms with Crippen molar-refractivity contribution in [1.82, 2.24) is 9.55 Å². The first-order chi connectivity index (χ1) is 10.0. The number of rotatable bonds is 1. The molecule has 0 aliphatic carbocycles. The minimum Gasteiger partial charge on any atom is -0.327 e. The van der Waals surface area contributed by atoms with Crippen LogP contribution in [-0.4, -0.2) is 9.55 Å². The highest BCUT2D eigenvalue weighted by molar-refractivity contribution is 5.82. The summed E-state index contributed by atoms with van der Waals surface area (Å²) in [7, 11) is 1.60. The van der Waals surface area contributed by atoms with Crippen LogP contribution in [0.4, 0.5) is 13.2 Å². The van der Waals surface area contributed by atoms with E-state index in [2.05, 4.69) is 4.98 Å². The molecule has 0 spiro atoms. The maximum Gasteiger partial charge on any atom is 0.146 e. The van der Waals surface area contributed by atoms with Crippen molar-refractivity contribution in [3.05, 3.63) is 53.3 Å². The summed E-state index contributed by atoms with van der Waals surface area (Å²) in [6.45, 7) is 0. The van der Waals surface area contributed by atoms with E-state index in [1.807, 2.05) is 6.07 Å². The Balaban J connectivity index is 2.31. The van der Waals surface area contributed by atoms with Crippen LogP contribution in [-0.2, 0) is 7.05 Å². The molecule has 0 amide bonds. The Morgan fingerprint density at radius 2 is 1.76 bits per heavy atom. The van der Waals surface area contributed by atoms with Gasteiger partial charge in [-0.25, -0.2) is 18.2 Å². The molecule has 0 saturated carbocycles. The lowest BCUT2D eigenvalue weighted by atomic mass is 10.2. The van der Waals surface area contributed by atoms with E-state index in [9.17, 15) is 13.2 Å². The Hall–Kier alpha value is -2.81. The summed E-state index contributed by atoms with van der Waals surface area (Å²) in [6.07, 6.45) is 0. The quantitative estimate of drug-likeness (QED) is 0.687. The third kappa shape index (κ3) is 2.03. The summed E-state index contributed by atoms with van der Waals surface area (Å²) in [5.41, 5.74) is 1.06. The standard InChI is InChI=1S/C15H8F3N3/c1-21-13-3-2-8(7-19)4-12(13)20-15(21)14-10(17)5-9(16)6-11(14)18/h2-6H,1H3. The molecule has 21 heavy (non-hydrogen) atoms. The zero-order valence-corrected chi connectivity index (χ0v) is 10.9. The van der Waals surface area contributed by atoms with E-state index in [0.29, 0.717) is 28.7 Å². The zero-order valence-electron chi connectivity index (χ0n) is 10.9. The van der Waals surface area contributed by atoms with Crippen LogP contribution in [0.25, 0.3) is 22.4 Å². The van der Waals surface area contributed by atoms with Crippen LogP contribution in [0.15, 0.2) is 30.3 Å². The summed E-state index contributed by atoms with van der Waals surface area (Å²) in [5.74, 6) is -2.99. The third-order valence-electron chi connectivity index (χ3n) is 3.24. The highest BCUT2D eigenvalue weighted by Crippen LogP contribution is 2.29. The average Bonchev–Trinajstić information content (AvgIpc) is 2.74. The Kier molecular flexibility index (Phi) is 2.91. The van der Waals surface area contributed by atoms with Crippen molar-refractivity contribution in [2.45, 2.75) is 0 Å². The lowest BCUT2D eigenvalue weighted by Crippen LogP contribution is -1.99. The molecule has 1 aromatic heterocycles. The van der Waals surface area contributed by atoms with Crippen molar-refractivity contribution in [3.63, 3.8) is 0 Å². The number of aromatic nitrogens is 2. The van der Waals surface area contributed by atoms with Gasteiger partial charge in [-0.15, -0.1) is 0 Å².